The predicted octanol–water partition coefficient (Wildman–Crippen LogP) is 1.79. The van der Waals surface area contributed by atoms with Gasteiger partial charge < -0.3 is 9.64 Å². The molecular weight excluding hydrogens is 214 g/mol. The third kappa shape index (κ3) is 1.95. The SMILES string of the molecule is CC1(C(=O)N2CCC(c3ccccc3)C2)CO1. The second-order valence-electron chi connectivity index (χ2n) is 5.17. The number of carbonyl (C=O) groups excluding carboxylic acids is 1. The van der Waals surface area contributed by atoms with Crippen LogP contribution in [0.1, 0.15) is 24.8 Å². The van der Waals surface area contributed by atoms with Crippen molar-refractivity contribution in [3.63, 3.8) is 0 Å². The number of likely N-dealkylation sites (tertiary alicyclic amines) is 1. The van der Waals surface area contributed by atoms with Gasteiger partial charge in [-0.25, -0.2) is 0 Å². The van der Waals surface area contributed by atoms with E-state index >= 15 is 0 Å². The van der Waals surface area contributed by atoms with Gasteiger partial charge in [0.15, 0.2) is 5.60 Å². The summed E-state index contributed by atoms with van der Waals surface area (Å²) in [6.45, 7) is 4.16. The van der Waals surface area contributed by atoms with E-state index in [1.54, 1.807) is 0 Å². The van der Waals surface area contributed by atoms with E-state index in [0.29, 0.717) is 12.5 Å². The van der Waals surface area contributed by atoms with Crippen molar-refractivity contribution in [2.45, 2.75) is 24.9 Å². The number of benzene rings is 1. The Bertz CT molecular complexity index is 425. The maximum absolute atomic E-state index is 12.1. The molecule has 3 nitrogen and oxygen atoms in total. The standard InChI is InChI=1S/C14H17NO2/c1-14(10-17-14)13(16)15-8-7-12(9-15)11-5-3-2-4-6-11/h2-6,12H,7-10H2,1H3. The van der Waals surface area contributed by atoms with Crippen molar-refractivity contribution in [3.8, 4) is 0 Å². The molecule has 1 aromatic carbocycles. The van der Waals surface area contributed by atoms with Gasteiger partial charge in [-0.3, -0.25) is 4.79 Å². The van der Waals surface area contributed by atoms with Crippen molar-refractivity contribution in [1.29, 1.82) is 0 Å². The Morgan fingerprint density at radius 2 is 2.12 bits per heavy atom. The van der Waals surface area contributed by atoms with Crippen LogP contribution in [0.4, 0.5) is 0 Å². The number of amides is 1. The number of ether oxygens (including phenoxy) is 1. The Kier molecular flexibility index (Phi) is 2.44. The van der Waals surface area contributed by atoms with E-state index in [1.165, 1.54) is 5.56 Å². The molecule has 0 bridgehead atoms. The number of rotatable bonds is 2. The van der Waals surface area contributed by atoms with Gasteiger partial charge in [0.25, 0.3) is 5.91 Å². The lowest BCUT2D eigenvalue weighted by atomic mass is 9.99. The van der Waals surface area contributed by atoms with Crippen LogP contribution in [-0.4, -0.2) is 36.1 Å². The van der Waals surface area contributed by atoms with E-state index in [9.17, 15) is 4.79 Å². The first-order valence-electron chi connectivity index (χ1n) is 6.17. The Morgan fingerprint density at radius 3 is 2.76 bits per heavy atom. The first-order chi connectivity index (χ1) is 8.19. The monoisotopic (exact) mass is 231 g/mol. The van der Waals surface area contributed by atoms with Crippen LogP contribution in [0, 0.1) is 0 Å². The van der Waals surface area contributed by atoms with Gasteiger partial charge in [0.05, 0.1) is 6.61 Å². The average molecular weight is 231 g/mol. The highest BCUT2D eigenvalue weighted by Crippen LogP contribution is 2.33. The summed E-state index contributed by atoms with van der Waals surface area (Å²) in [7, 11) is 0. The highest BCUT2D eigenvalue weighted by molar-refractivity contribution is 5.87. The molecule has 2 saturated heterocycles. The fourth-order valence-corrected chi connectivity index (χ4v) is 2.51. The van der Waals surface area contributed by atoms with Crippen LogP contribution in [0.3, 0.4) is 0 Å². The molecule has 3 heteroatoms. The van der Waals surface area contributed by atoms with Gasteiger partial charge in [0.1, 0.15) is 0 Å². The Balaban J connectivity index is 1.68. The first kappa shape index (κ1) is 10.8. The zero-order chi connectivity index (χ0) is 11.9. The minimum Gasteiger partial charge on any atom is -0.359 e. The molecule has 2 aliphatic heterocycles. The summed E-state index contributed by atoms with van der Waals surface area (Å²) in [5.41, 5.74) is 0.829. The lowest BCUT2D eigenvalue weighted by Crippen LogP contribution is -2.38. The van der Waals surface area contributed by atoms with Crippen LogP contribution in [0.5, 0.6) is 0 Å². The van der Waals surface area contributed by atoms with Crippen LogP contribution in [-0.2, 0) is 9.53 Å². The molecule has 1 amide bonds. The van der Waals surface area contributed by atoms with Gasteiger partial charge in [-0.2, -0.15) is 0 Å². The third-order valence-corrected chi connectivity index (χ3v) is 3.78. The van der Waals surface area contributed by atoms with Gasteiger partial charge in [-0.05, 0) is 18.9 Å². The molecule has 2 aliphatic rings. The Hall–Kier alpha value is -1.35. The van der Waals surface area contributed by atoms with Crippen molar-refractivity contribution in [1.82, 2.24) is 4.90 Å². The molecule has 2 heterocycles. The lowest BCUT2D eigenvalue weighted by molar-refractivity contribution is -0.135. The molecule has 0 aromatic heterocycles. The Morgan fingerprint density at radius 1 is 1.41 bits per heavy atom. The van der Waals surface area contributed by atoms with Crippen LogP contribution < -0.4 is 0 Å². The molecule has 0 radical (unpaired) electrons. The largest absolute Gasteiger partial charge is 0.359 e. The molecule has 0 spiro atoms. The minimum atomic E-state index is -0.508. The second kappa shape index (κ2) is 3.84. The van der Waals surface area contributed by atoms with Crippen LogP contribution in [0.25, 0.3) is 0 Å². The van der Waals surface area contributed by atoms with Crippen molar-refractivity contribution in [3.05, 3.63) is 35.9 Å². The molecule has 3 rings (SSSR count). The lowest BCUT2D eigenvalue weighted by Gasteiger charge is -2.18. The fraction of sp³-hybridized carbons (Fsp3) is 0.500. The normalized spacial score (nSPS) is 31.6. The number of epoxide rings is 1. The molecular formula is C14H17NO2. The van der Waals surface area contributed by atoms with E-state index in [2.05, 4.69) is 24.3 Å². The van der Waals surface area contributed by atoms with E-state index in [-0.39, 0.29) is 5.91 Å². The number of carbonyl (C=O) groups is 1. The summed E-state index contributed by atoms with van der Waals surface area (Å²) < 4.78 is 5.22. The highest BCUT2D eigenvalue weighted by Gasteiger charge is 2.50. The summed E-state index contributed by atoms with van der Waals surface area (Å²) in [5.74, 6) is 0.651. The van der Waals surface area contributed by atoms with Crippen molar-refractivity contribution in [2.24, 2.45) is 0 Å². The molecule has 0 aliphatic carbocycles. The minimum absolute atomic E-state index is 0.163. The van der Waals surface area contributed by atoms with Crippen molar-refractivity contribution >= 4 is 5.91 Å². The van der Waals surface area contributed by atoms with Gasteiger partial charge >= 0.3 is 0 Å². The molecule has 2 unspecified atom stereocenters. The Labute approximate surface area is 101 Å². The molecule has 0 saturated carbocycles. The predicted molar refractivity (Wildman–Crippen MR) is 64.7 cm³/mol. The van der Waals surface area contributed by atoms with E-state index < -0.39 is 5.60 Å². The van der Waals surface area contributed by atoms with Crippen LogP contribution >= 0.6 is 0 Å². The number of hydrogen-bond acceptors (Lipinski definition) is 2. The topological polar surface area (TPSA) is 32.8 Å². The quantitative estimate of drug-likeness (QED) is 0.727. The maximum Gasteiger partial charge on any atom is 0.256 e. The zero-order valence-corrected chi connectivity index (χ0v) is 10.1. The molecule has 17 heavy (non-hydrogen) atoms. The summed E-state index contributed by atoms with van der Waals surface area (Å²) in [4.78, 5) is 14.1. The van der Waals surface area contributed by atoms with Gasteiger partial charge in [0, 0.05) is 19.0 Å². The fourth-order valence-electron chi connectivity index (χ4n) is 2.51. The second-order valence-corrected chi connectivity index (χ2v) is 5.17. The third-order valence-electron chi connectivity index (χ3n) is 3.78. The number of nitrogens with zero attached hydrogens (tertiary/aromatic N) is 1. The molecule has 90 valence electrons. The van der Waals surface area contributed by atoms with Gasteiger partial charge in [-0.1, -0.05) is 30.3 Å². The smallest absolute Gasteiger partial charge is 0.256 e. The summed E-state index contributed by atoms with van der Waals surface area (Å²) in [5, 5.41) is 0. The van der Waals surface area contributed by atoms with Gasteiger partial charge in [-0.15, -0.1) is 0 Å². The summed E-state index contributed by atoms with van der Waals surface area (Å²) in [6, 6.07) is 10.4. The molecule has 2 fully saturated rings. The first-order valence-corrected chi connectivity index (χ1v) is 6.17. The zero-order valence-electron chi connectivity index (χ0n) is 10.1. The van der Waals surface area contributed by atoms with Crippen molar-refractivity contribution in [2.75, 3.05) is 19.7 Å². The molecule has 2 atom stereocenters. The van der Waals surface area contributed by atoms with E-state index in [0.717, 1.165) is 19.5 Å². The van der Waals surface area contributed by atoms with Crippen molar-refractivity contribution < 1.29 is 9.53 Å². The summed E-state index contributed by atoms with van der Waals surface area (Å²) in [6.07, 6.45) is 1.06. The molecule has 1 aromatic rings. The highest BCUT2D eigenvalue weighted by atomic mass is 16.6. The maximum atomic E-state index is 12.1. The number of hydrogen-bond donors (Lipinski definition) is 0. The van der Waals surface area contributed by atoms with E-state index in [1.807, 2.05) is 17.9 Å². The average Bonchev–Trinajstić information content (AvgIpc) is 2.95. The molecule has 0 N–H and O–H groups in total. The van der Waals surface area contributed by atoms with Crippen LogP contribution in [0.2, 0.25) is 0 Å². The summed E-state index contributed by atoms with van der Waals surface area (Å²) >= 11 is 0. The van der Waals surface area contributed by atoms with Gasteiger partial charge in [0.2, 0.25) is 0 Å². The van der Waals surface area contributed by atoms with E-state index in [4.69, 9.17) is 4.74 Å². The van der Waals surface area contributed by atoms with Crippen LogP contribution in [0.15, 0.2) is 30.3 Å².